The van der Waals surface area contributed by atoms with Crippen molar-refractivity contribution in [1.29, 1.82) is 0 Å². The van der Waals surface area contributed by atoms with E-state index < -0.39 is 46.7 Å². The summed E-state index contributed by atoms with van der Waals surface area (Å²) in [6.07, 6.45) is -9.72. The second kappa shape index (κ2) is 5.49. The third-order valence-corrected chi connectivity index (χ3v) is 3.77. The molecule has 10 heteroatoms. The second-order valence-electron chi connectivity index (χ2n) is 4.40. The lowest BCUT2D eigenvalue weighted by atomic mass is 10.0. The molecule has 1 aliphatic rings. The summed E-state index contributed by atoms with van der Waals surface area (Å²) in [7, 11) is 0. The molecule has 0 bridgehead atoms. The summed E-state index contributed by atoms with van der Waals surface area (Å²) in [5.74, 6) is -0.973. The lowest BCUT2D eigenvalue weighted by Gasteiger charge is -2.19. The molecule has 0 N–H and O–H groups in total. The molecule has 0 radical (unpaired) electrons. The fourth-order valence-corrected chi connectivity index (χ4v) is 2.61. The Morgan fingerprint density at radius 3 is 2.14 bits per heavy atom. The minimum absolute atomic E-state index is 0.237. The van der Waals surface area contributed by atoms with Gasteiger partial charge >= 0.3 is 12.4 Å². The summed E-state index contributed by atoms with van der Waals surface area (Å²) in [5, 5.41) is -0.782. The first-order valence-electron chi connectivity index (χ1n) is 5.74. The van der Waals surface area contributed by atoms with E-state index >= 15 is 0 Å². The molecule has 1 aliphatic heterocycles. The van der Waals surface area contributed by atoms with Gasteiger partial charge in [0.05, 0.1) is 23.4 Å². The quantitative estimate of drug-likeness (QED) is 0.764. The van der Waals surface area contributed by atoms with E-state index in [0.29, 0.717) is 34.9 Å². The first kappa shape index (κ1) is 16.7. The Morgan fingerprint density at radius 2 is 1.68 bits per heavy atom. The standard InChI is InChI=1S/C12H7F6NO2S/c13-11(14,15)7-1-2-8(12(16,17)18)6(3-7)4-19-9(20)5-22-10(19)21/h1-3H,4-5H2. The van der Waals surface area contributed by atoms with Crippen molar-refractivity contribution in [2.45, 2.75) is 18.9 Å². The van der Waals surface area contributed by atoms with Gasteiger partial charge < -0.3 is 0 Å². The number of halogens is 6. The number of alkyl halides is 6. The maximum Gasteiger partial charge on any atom is 0.416 e. The minimum Gasteiger partial charge on any atom is -0.273 e. The van der Waals surface area contributed by atoms with Crippen LogP contribution in [0, 0.1) is 0 Å². The van der Waals surface area contributed by atoms with Crippen molar-refractivity contribution in [2.75, 3.05) is 5.75 Å². The molecule has 1 fully saturated rings. The van der Waals surface area contributed by atoms with Gasteiger partial charge in [0.15, 0.2) is 0 Å². The van der Waals surface area contributed by atoms with Crippen LogP contribution in [0.1, 0.15) is 16.7 Å². The molecule has 0 spiro atoms. The van der Waals surface area contributed by atoms with Crippen molar-refractivity contribution in [2.24, 2.45) is 0 Å². The van der Waals surface area contributed by atoms with Crippen LogP contribution in [0.3, 0.4) is 0 Å². The molecule has 0 aliphatic carbocycles. The predicted octanol–water partition coefficient (Wildman–Crippen LogP) is 3.92. The van der Waals surface area contributed by atoms with Crippen LogP contribution in [-0.4, -0.2) is 21.8 Å². The molecule has 0 aromatic heterocycles. The summed E-state index contributed by atoms with van der Waals surface area (Å²) in [5.41, 5.74) is -3.35. The molecule has 1 aromatic carbocycles. The zero-order chi connectivity index (χ0) is 16.7. The molecule has 2 amide bonds. The Kier molecular flexibility index (Phi) is 4.16. The Labute approximate surface area is 124 Å². The fourth-order valence-electron chi connectivity index (χ4n) is 1.88. The predicted molar refractivity (Wildman–Crippen MR) is 64.8 cm³/mol. The number of nitrogens with zero attached hydrogens (tertiary/aromatic N) is 1. The Hall–Kier alpha value is -1.71. The van der Waals surface area contributed by atoms with Gasteiger partial charge in [-0.15, -0.1) is 0 Å². The van der Waals surface area contributed by atoms with Crippen molar-refractivity contribution in [3.63, 3.8) is 0 Å². The van der Waals surface area contributed by atoms with Gasteiger partial charge in [-0.1, -0.05) is 11.8 Å². The highest BCUT2D eigenvalue weighted by Crippen LogP contribution is 2.37. The zero-order valence-corrected chi connectivity index (χ0v) is 11.4. The number of carbonyl (C=O) groups is 2. The maximum atomic E-state index is 12.9. The average Bonchev–Trinajstić information content (AvgIpc) is 2.68. The summed E-state index contributed by atoms with van der Waals surface area (Å²) in [6, 6.07) is 0.928. The van der Waals surface area contributed by atoms with Crippen molar-refractivity contribution in [1.82, 2.24) is 4.90 Å². The lowest BCUT2D eigenvalue weighted by molar-refractivity contribution is -0.142. The summed E-state index contributed by atoms with van der Waals surface area (Å²) >= 11 is 0.590. The smallest absolute Gasteiger partial charge is 0.273 e. The molecule has 1 saturated heterocycles. The maximum absolute atomic E-state index is 12.9. The molecule has 3 nitrogen and oxygen atoms in total. The summed E-state index contributed by atoms with van der Waals surface area (Å²) in [6.45, 7) is -0.844. The van der Waals surface area contributed by atoms with Gasteiger partial charge in [0.1, 0.15) is 0 Å². The van der Waals surface area contributed by atoms with Crippen molar-refractivity contribution >= 4 is 22.9 Å². The van der Waals surface area contributed by atoms with Gasteiger partial charge in [0, 0.05) is 0 Å². The van der Waals surface area contributed by atoms with E-state index in [4.69, 9.17) is 0 Å². The SMILES string of the molecule is O=C1CSC(=O)N1Cc1cc(C(F)(F)F)ccc1C(F)(F)F. The van der Waals surface area contributed by atoms with E-state index in [0.717, 1.165) is 0 Å². The first-order valence-corrected chi connectivity index (χ1v) is 6.73. The van der Waals surface area contributed by atoms with Crippen LogP contribution in [0.4, 0.5) is 31.1 Å². The lowest BCUT2D eigenvalue weighted by Crippen LogP contribution is -2.29. The van der Waals surface area contributed by atoms with Crippen LogP contribution < -0.4 is 0 Å². The summed E-state index contributed by atoms with van der Waals surface area (Å²) in [4.78, 5) is 23.3. The number of hydrogen-bond acceptors (Lipinski definition) is 3. The molecule has 22 heavy (non-hydrogen) atoms. The third kappa shape index (κ3) is 3.37. The molecule has 2 rings (SSSR count). The topological polar surface area (TPSA) is 37.4 Å². The molecule has 0 unspecified atom stereocenters. The van der Waals surface area contributed by atoms with E-state index in [-0.39, 0.29) is 5.75 Å². The van der Waals surface area contributed by atoms with Crippen LogP contribution in [0.5, 0.6) is 0 Å². The number of amides is 2. The fraction of sp³-hybridized carbons (Fsp3) is 0.333. The minimum atomic E-state index is -4.89. The van der Waals surface area contributed by atoms with E-state index in [1.54, 1.807) is 0 Å². The van der Waals surface area contributed by atoms with Gasteiger partial charge in [-0.3, -0.25) is 14.5 Å². The number of imide groups is 1. The van der Waals surface area contributed by atoms with Crippen LogP contribution in [0.2, 0.25) is 0 Å². The second-order valence-corrected chi connectivity index (χ2v) is 5.33. The highest BCUT2D eigenvalue weighted by atomic mass is 32.2. The normalized spacial score (nSPS) is 16.5. The molecular formula is C12H7F6NO2S. The Morgan fingerprint density at radius 1 is 1.05 bits per heavy atom. The number of benzene rings is 1. The number of thioether (sulfide) groups is 1. The molecule has 1 aromatic rings. The number of rotatable bonds is 2. The third-order valence-electron chi connectivity index (χ3n) is 2.91. The number of hydrogen-bond donors (Lipinski definition) is 0. The molecule has 120 valence electrons. The average molecular weight is 343 g/mol. The zero-order valence-electron chi connectivity index (χ0n) is 10.6. The van der Waals surface area contributed by atoms with Gasteiger partial charge in [-0.05, 0) is 23.8 Å². The van der Waals surface area contributed by atoms with E-state index in [9.17, 15) is 35.9 Å². The van der Waals surface area contributed by atoms with Crippen LogP contribution >= 0.6 is 11.8 Å². The van der Waals surface area contributed by atoms with E-state index in [1.165, 1.54) is 0 Å². The van der Waals surface area contributed by atoms with Gasteiger partial charge in [0.2, 0.25) is 5.91 Å². The van der Waals surface area contributed by atoms with Crippen molar-refractivity contribution in [3.05, 3.63) is 34.9 Å². The molecular weight excluding hydrogens is 336 g/mol. The van der Waals surface area contributed by atoms with Crippen molar-refractivity contribution < 1.29 is 35.9 Å². The monoisotopic (exact) mass is 343 g/mol. The Balaban J connectivity index is 2.46. The molecule has 0 saturated carbocycles. The van der Waals surface area contributed by atoms with E-state index in [2.05, 4.69) is 0 Å². The highest BCUT2D eigenvalue weighted by molar-refractivity contribution is 8.14. The van der Waals surface area contributed by atoms with Crippen LogP contribution in [0.15, 0.2) is 18.2 Å². The van der Waals surface area contributed by atoms with Crippen LogP contribution in [-0.2, 0) is 23.7 Å². The molecule has 0 atom stereocenters. The largest absolute Gasteiger partial charge is 0.416 e. The van der Waals surface area contributed by atoms with E-state index in [1.807, 2.05) is 0 Å². The number of carbonyl (C=O) groups excluding carboxylic acids is 2. The van der Waals surface area contributed by atoms with Crippen molar-refractivity contribution in [3.8, 4) is 0 Å². The van der Waals surface area contributed by atoms with Gasteiger partial charge in [-0.2, -0.15) is 26.3 Å². The van der Waals surface area contributed by atoms with Gasteiger partial charge in [0.25, 0.3) is 5.24 Å². The summed E-state index contributed by atoms with van der Waals surface area (Å²) < 4.78 is 76.5. The Bertz CT molecular complexity index is 609. The van der Waals surface area contributed by atoms with Crippen LogP contribution in [0.25, 0.3) is 0 Å². The highest BCUT2D eigenvalue weighted by Gasteiger charge is 2.39. The first-order chi connectivity index (χ1) is 10.00. The molecule has 1 heterocycles. The van der Waals surface area contributed by atoms with Gasteiger partial charge in [-0.25, -0.2) is 0 Å².